The van der Waals surface area contributed by atoms with Gasteiger partial charge in [-0.25, -0.2) is 0 Å². The van der Waals surface area contributed by atoms with Crippen molar-refractivity contribution in [2.75, 3.05) is 6.61 Å². The summed E-state index contributed by atoms with van der Waals surface area (Å²) in [6.45, 7) is 11.8. The van der Waals surface area contributed by atoms with E-state index in [0.29, 0.717) is 17.7 Å². The van der Waals surface area contributed by atoms with Crippen molar-refractivity contribution in [3.05, 3.63) is 149 Å². The van der Waals surface area contributed by atoms with Gasteiger partial charge in [-0.15, -0.1) is 0 Å². The molecule has 0 radical (unpaired) electrons. The summed E-state index contributed by atoms with van der Waals surface area (Å²) in [7, 11) is 0. The Morgan fingerprint density at radius 3 is 2.20 bits per heavy atom. The normalized spacial score (nSPS) is 14.6. The van der Waals surface area contributed by atoms with Gasteiger partial charge in [0.1, 0.15) is 18.1 Å². The lowest BCUT2D eigenvalue weighted by atomic mass is 9.91. The van der Waals surface area contributed by atoms with E-state index in [1.165, 1.54) is 0 Å². The number of carbonyl (C=O) groups is 2. The van der Waals surface area contributed by atoms with Gasteiger partial charge in [0, 0.05) is 11.1 Å². The fourth-order valence-corrected chi connectivity index (χ4v) is 4.13. The lowest BCUT2D eigenvalue weighted by Crippen LogP contribution is -2.03. The maximum Gasteiger partial charge on any atom is 0.192 e. The predicted molar refractivity (Wildman–Crippen MR) is 169 cm³/mol. The number of benzene rings is 2. The molecule has 2 aromatic rings. The van der Waals surface area contributed by atoms with Crippen LogP contribution in [-0.2, 0) is 4.79 Å². The molecule has 210 valence electrons. The van der Waals surface area contributed by atoms with Gasteiger partial charge in [-0.05, 0) is 93.2 Å². The van der Waals surface area contributed by atoms with E-state index in [4.69, 9.17) is 9.47 Å². The van der Waals surface area contributed by atoms with Gasteiger partial charge in [-0.2, -0.15) is 0 Å². The van der Waals surface area contributed by atoms with Gasteiger partial charge in [0.15, 0.2) is 11.6 Å². The minimum absolute atomic E-state index is 0.0926. The van der Waals surface area contributed by atoms with Crippen LogP contribution in [0.3, 0.4) is 0 Å². The third-order valence-electron chi connectivity index (χ3n) is 6.51. The second kappa shape index (κ2) is 15.8. The first-order chi connectivity index (χ1) is 19.8. The molecule has 0 spiro atoms. The fraction of sp³-hybridized carbons (Fsp3) is 0.189. The van der Waals surface area contributed by atoms with Crippen LogP contribution in [0.25, 0.3) is 5.57 Å². The topological polar surface area (TPSA) is 52.6 Å². The summed E-state index contributed by atoms with van der Waals surface area (Å²) in [5, 5.41) is 0. The Morgan fingerprint density at radius 1 is 0.878 bits per heavy atom. The third-order valence-corrected chi connectivity index (χ3v) is 6.51. The molecule has 0 atom stereocenters. The Kier molecular flexibility index (Phi) is 11.9. The van der Waals surface area contributed by atoms with Crippen molar-refractivity contribution in [2.24, 2.45) is 0 Å². The first kappa shape index (κ1) is 30.8. The minimum atomic E-state index is -0.0926. The van der Waals surface area contributed by atoms with E-state index in [2.05, 4.69) is 6.58 Å². The Morgan fingerprint density at radius 2 is 1.59 bits per heavy atom. The molecule has 0 heterocycles. The molecular weight excluding hydrogens is 508 g/mol. The molecule has 0 fully saturated rings. The first-order valence-corrected chi connectivity index (χ1v) is 13.7. The Labute approximate surface area is 244 Å². The molecule has 0 unspecified atom stereocenters. The lowest BCUT2D eigenvalue weighted by molar-refractivity contribution is -0.113. The highest BCUT2D eigenvalue weighted by molar-refractivity contribution is 6.10. The summed E-state index contributed by atoms with van der Waals surface area (Å²) in [5.74, 6) is 1.47. The predicted octanol–water partition coefficient (Wildman–Crippen LogP) is 9.11. The summed E-state index contributed by atoms with van der Waals surface area (Å²) in [4.78, 5) is 24.6. The number of allylic oxidation sites excluding steroid dienone is 13. The molecular formula is C37H38O4. The molecule has 3 rings (SSSR count). The lowest BCUT2D eigenvalue weighted by Gasteiger charge is -2.13. The second-order valence-electron chi connectivity index (χ2n) is 9.80. The molecule has 2 aromatic carbocycles. The van der Waals surface area contributed by atoms with E-state index in [1.54, 1.807) is 25.3 Å². The first-order valence-electron chi connectivity index (χ1n) is 13.7. The number of Topliss-reactive ketones (excluding diaryl/α,β-unsaturated/α-hetero) is 2. The quantitative estimate of drug-likeness (QED) is 0.109. The standard InChI is InChI=1S/C37H38O4/c1-6-9-27(3)10-8-25-40-35-21-23-36(24-22-35)41-26-28(4)11-12-30(7-2)37(39)34-19-17-33(18-20-34)32-15-13-31(14-16-32)29(5)38/h6-13,15,17-25H,2,14,16,26H2,1,3-5H3/b9-6-,25-8+,27-10-,28-11+,30-12+. The van der Waals surface area contributed by atoms with Crippen molar-refractivity contribution < 1.29 is 19.1 Å². The van der Waals surface area contributed by atoms with Crippen molar-refractivity contribution in [2.45, 2.75) is 40.5 Å². The van der Waals surface area contributed by atoms with E-state index in [0.717, 1.165) is 52.2 Å². The van der Waals surface area contributed by atoms with Gasteiger partial charge in [-0.1, -0.05) is 85.0 Å². The Hall–Kier alpha value is -4.70. The molecule has 1 aliphatic rings. The summed E-state index contributed by atoms with van der Waals surface area (Å²) in [6, 6.07) is 15.0. The van der Waals surface area contributed by atoms with E-state index in [9.17, 15) is 9.59 Å². The highest BCUT2D eigenvalue weighted by Crippen LogP contribution is 2.27. The van der Waals surface area contributed by atoms with Gasteiger partial charge >= 0.3 is 0 Å². The average molecular weight is 547 g/mol. The van der Waals surface area contributed by atoms with Crippen molar-refractivity contribution >= 4 is 17.1 Å². The number of rotatable bonds is 13. The van der Waals surface area contributed by atoms with Crippen molar-refractivity contribution in [3.8, 4) is 11.5 Å². The van der Waals surface area contributed by atoms with Crippen molar-refractivity contribution in [1.82, 2.24) is 0 Å². The van der Waals surface area contributed by atoms with Crippen LogP contribution in [0.4, 0.5) is 0 Å². The zero-order valence-corrected chi connectivity index (χ0v) is 24.4. The monoisotopic (exact) mass is 546 g/mol. The van der Waals surface area contributed by atoms with E-state index >= 15 is 0 Å². The molecule has 0 N–H and O–H groups in total. The van der Waals surface area contributed by atoms with Crippen LogP contribution in [0.2, 0.25) is 0 Å². The summed E-state index contributed by atoms with van der Waals surface area (Å²) in [5.41, 5.74) is 6.28. The van der Waals surface area contributed by atoms with Crippen molar-refractivity contribution in [3.63, 3.8) is 0 Å². The summed E-state index contributed by atoms with van der Waals surface area (Å²) < 4.78 is 11.5. The molecule has 0 amide bonds. The molecule has 4 nitrogen and oxygen atoms in total. The molecule has 0 bridgehead atoms. The highest BCUT2D eigenvalue weighted by atomic mass is 16.5. The maximum atomic E-state index is 13.1. The largest absolute Gasteiger partial charge is 0.489 e. The van der Waals surface area contributed by atoms with Crippen molar-refractivity contribution in [1.29, 1.82) is 0 Å². The third kappa shape index (κ3) is 9.77. The molecule has 41 heavy (non-hydrogen) atoms. The summed E-state index contributed by atoms with van der Waals surface area (Å²) >= 11 is 0. The molecule has 0 aromatic heterocycles. The number of ketones is 2. The minimum Gasteiger partial charge on any atom is -0.489 e. The summed E-state index contributed by atoms with van der Waals surface area (Å²) in [6.07, 6.45) is 20.2. The smallest absolute Gasteiger partial charge is 0.192 e. The van der Waals surface area contributed by atoms with Gasteiger partial charge in [0.25, 0.3) is 0 Å². The molecule has 0 saturated carbocycles. The highest BCUT2D eigenvalue weighted by Gasteiger charge is 2.13. The van der Waals surface area contributed by atoms with Gasteiger partial charge in [-0.3, -0.25) is 9.59 Å². The van der Waals surface area contributed by atoms with Gasteiger partial charge in [0.2, 0.25) is 0 Å². The Balaban J connectivity index is 1.55. The molecule has 0 aliphatic heterocycles. The van der Waals surface area contributed by atoms with Gasteiger partial charge in [0.05, 0.1) is 6.26 Å². The van der Waals surface area contributed by atoms with Crippen LogP contribution in [0.1, 0.15) is 56.5 Å². The number of hydrogen-bond donors (Lipinski definition) is 0. The molecule has 4 heteroatoms. The van der Waals surface area contributed by atoms with E-state index in [-0.39, 0.29) is 11.6 Å². The van der Waals surface area contributed by atoms with Crippen LogP contribution in [0, 0.1) is 0 Å². The molecule has 0 saturated heterocycles. The van der Waals surface area contributed by atoms with Crippen LogP contribution >= 0.6 is 0 Å². The van der Waals surface area contributed by atoms with Crippen LogP contribution in [-0.4, -0.2) is 18.2 Å². The van der Waals surface area contributed by atoms with Gasteiger partial charge < -0.3 is 9.47 Å². The van der Waals surface area contributed by atoms with Crippen LogP contribution in [0.15, 0.2) is 138 Å². The number of ether oxygens (including phenoxy) is 2. The van der Waals surface area contributed by atoms with E-state index in [1.807, 2.05) is 112 Å². The Bertz CT molecular complexity index is 1450. The average Bonchev–Trinajstić information content (AvgIpc) is 2.99. The SMILES string of the molecule is C=C/C(=C\C=C(/C)COc1ccc(O/C=C/C=C(C)\C=C/C)cc1)C(=O)c1ccc(C2=CC=C(C(C)=O)CC2)cc1. The number of hydrogen-bond acceptors (Lipinski definition) is 4. The maximum absolute atomic E-state index is 13.1. The number of carbonyl (C=O) groups excluding carboxylic acids is 2. The zero-order chi connectivity index (χ0) is 29.6. The molecule has 1 aliphatic carbocycles. The van der Waals surface area contributed by atoms with Crippen LogP contribution < -0.4 is 9.47 Å². The zero-order valence-electron chi connectivity index (χ0n) is 24.4. The van der Waals surface area contributed by atoms with E-state index < -0.39 is 0 Å². The van der Waals surface area contributed by atoms with Crippen LogP contribution in [0.5, 0.6) is 11.5 Å². The fourth-order valence-electron chi connectivity index (χ4n) is 4.13. The second-order valence-corrected chi connectivity index (χ2v) is 9.80.